The predicted molar refractivity (Wildman–Crippen MR) is 119 cm³/mol. The minimum atomic E-state index is -4.75. The molecule has 10 nitrogen and oxygen atoms in total. The number of halogens is 3. The Morgan fingerprint density at radius 1 is 1.26 bits per heavy atom. The van der Waals surface area contributed by atoms with E-state index in [1.165, 1.54) is 6.07 Å². The van der Waals surface area contributed by atoms with Gasteiger partial charge in [-0.15, -0.1) is 0 Å². The Hall–Kier alpha value is -3.61. The third kappa shape index (κ3) is 6.47. The van der Waals surface area contributed by atoms with Crippen molar-refractivity contribution >= 4 is 34.4 Å². The molecule has 7 N–H and O–H groups in total. The number of fused-ring (bicyclic) bond motifs is 1. The molecule has 2 heterocycles. The summed E-state index contributed by atoms with van der Waals surface area (Å²) in [7, 11) is 0. The van der Waals surface area contributed by atoms with Crippen LogP contribution in [0.5, 0.6) is 0 Å². The van der Waals surface area contributed by atoms with E-state index in [4.69, 9.17) is 15.9 Å². The number of nitrogens with two attached hydrogens (primary N) is 2. The molecule has 1 aliphatic rings. The fraction of sp³-hybridized carbons (Fsp3) is 0.429. The lowest BCUT2D eigenvalue weighted by molar-refractivity contribution is -0.136. The summed E-state index contributed by atoms with van der Waals surface area (Å²) in [6.07, 6.45) is -2.68. The Morgan fingerprint density at radius 3 is 2.68 bits per heavy atom. The third-order valence-electron chi connectivity index (χ3n) is 5.27. The molecule has 0 aliphatic carbocycles. The Morgan fingerprint density at radius 2 is 2.03 bits per heavy atom. The molecule has 0 spiro atoms. The molecule has 1 saturated heterocycles. The molecule has 34 heavy (non-hydrogen) atoms. The Balaban J connectivity index is 1.79. The summed E-state index contributed by atoms with van der Waals surface area (Å²) in [5.74, 6) is -1.03. The highest BCUT2D eigenvalue weighted by Crippen LogP contribution is 2.34. The maximum Gasteiger partial charge on any atom is 0.417 e. The summed E-state index contributed by atoms with van der Waals surface area (Å²) in [6.45, 7) is 0.937. The van der Waals surface area contributed by atoms with Crippen molar-refractivity contribution in [2.45, 2.75) is 43.9 Å². The van der Waals surface area contributed by atoms with Crippen LogP contribution in [0.25, 0.3) is 11.0 Å². The van der Waals surface area contributed by atoms with Crippen LogP contribution in [0.2, 0.25) is 0 Å². The number of nitrogens with zero attached hydrogens (tertiary/aromatic N) is 1. The van der Waals surface area contributed by atoms with Crippen molar-refractivity contribution in [2.24, 2.45) is 16.5 Å². The van der Waals surface area contributed by atoms with Gasteiger partial charge >= 0.3 is 11.8 Å². The summed E-state index contributed by atoms with van der Waals surface area (Å²) in [5, 5.41) is 7.97. The highest BCUT2D eigenvalue weighted by atomic mass is 19.4. The summed E-state index contributed by atoms with van der Waals surface area (Å²) >= 11 is 0. The maximum atomic E-state index is 13.2. The number of alkyl halides is 3. The van der Waals surface area contributed by atoms with E-state index >= 15 is 0 Å². The van der Waals surface area contributed by atoms with E-state index in [9.17, 15) is 27.6 Å². The van der Waals surface area contributed by atoms with Crippen molar-refractivity contribution in [1.29, 1.82) is 0 Å². The second-order valence-corrected chi connectivity index (χ2v) is 7.84. The molecule has 0 bridgehead atoms. The number of carbonyl (C=O) groups excluding carboxylic acids is 2. The predicted octanol–water partition coefficient (Wildman–Crippen LogP) is 1.04. The van der Waals surface area contributed by atoms with Gasteiger partial charge in [-0.3, -0.25) is 14.6 Å². The van der Waals surface area contributed by atoms with E-state index in [1.807, 2.05) is 0 Å². The lowest BCUT2D eigenvalue weighted by Crippen LogP contribution is -2.49. The van der Waals surface area contributed by atoms with Gasteiger partial charge < -0.3 is 31.8 Å². The molecule has 184 valence electrons. The van der Waals surface area contributed by atoms with Crippen LogP contribution >= 0.6 is 0 Å². The lowest BCUT2D eigenvalue weighted by Gasteiger charge is -2.20. The van der Waals surface area contributed by atoms with Crippen LogP contribution < -0.4 is 33.0 Å². The fourth-order valence-electron chi connectivity index (χ4n) is 3.66. The maximum absolute atomic E-state index is 13.2. The zero-order valence-electron chi connectivity index (χ0n) is 18.1. The molecule has 1 aromatic carbocycles. The highest BCUT2D eigenvalue weighted by molar-refractivity contribution is 5.99. The normalized spacial score (nSPS) is 16.7. The SMILES string of the molecule is NC(N)=NCCC[C@H](NC(=O)[C@@H]1CCCN1)C(=O)Nc1ccc2c(C(F)(F)F)cc(=O)oc2c1. The Labute approximate surface area is 191 Å². The zero-order chi connectivity index (χ0) is 24.9. The van der Waals surface area contributed by atoms with Gasteiger partial charge in [0.15, 0.2) is 5.96 Å². The molecule has 1 aromatic heterocycles. The second kappa shape index (κ2) is 10.5. The van der Waals surface area contributed by atoms with Gasteiger partial charge in [-0.25, -0.2) is 4.79 Å². The highest BCUT2D eigenvalue weighted by Gasteiger charge is 2.34. The minimum absolute atomic E-state index is 0.0995. The van der Waals surface area contributed by atoms with E-state index in [0.717, 1.165) is 18.6 Å². The van der Waals surface area contributed by atoms with Crippen LogP contribution in [-0.4, -0.2) is 42.9 Å². The van der Waals surface area contributed by atoms with Gasteiger partial charge in [0.25, 0.3) is 0 Å². The molecule has 1 fully saturated rings. The number of hydrogen-bond acceptors (Lipinski definition) is 6. The number of guanidine groups is 1. The molecule has 0 radical (unpaired) electrons. The molecule has 2 aromatic rings. The van der Waals surface area contributed by atoms with E-state index < -0.39 is 35.4 Å². The average molecular weight is 482 g/mol. The van der Waals surface area contributed by atoms with Gasteiger partial charge in [0.2, 0.25) is 11.8 Å². The molecule has 2 amide bonds. The molecular weight excluding hydrogens is 457 g/mol. The number of anilines is 1. The number of hydrogen-bond donors (Lipinski definition) is 5. The fourth-order valence-corrected chi connectivity index (χ4v) is 3.66. The molecular formula is C21H25F3N6O4. The topological polar surface area (TPSA) is 165 Å². The van der Waals surface area contributed by atoms with E-state index in [2.05, 4.69) is 20.9 Å². The Bertz CT molecular complexity index is 1140. The van der Waals surface area contributed by atoms with Crippen LogP contribution in [0, 0.1) is 0 Å². The van der Waals surface area contributed by atoms with Crippen molar-refractivity contribution in [1.82, 2.24) is 10.6 Å². The number of carbonyl (C=O) groups is 2. The van der Waals surface area contributed by atoms with Gasteiger partial charge in [-0.1, -0.05) is 0 Å². The third-order valence-corrected chi connectivity index (χ3v) is 5.27. The summed E-state index contributed by atoms with van der Waals surface area (Å²) in [6, 6.07) is 2.50. The largest absolute Gasteiger partial charge is 0.423 e. The van der Waals surface area contributed by atoms with Crippen LogP contribution in [-0.2, 0) is 15.8 Å². The lowest BCUT2D eigenvalue weighted by atomic mass is 10.1. The Kier molecular flexibility index (Phi) is 7.76. The molecule has 0 unspecified atom stereocenters. The van der Waals surface area contributed by atoms with Gasteiger partial charge in [-0.2, -0.15) is 13.2 Å². The van der Waals surface area contributed by atoms with E-state index in [-0.39, 0.29) is 41.5 Å². The number of benzene rings is 1. The molecule has 13 heteroatoms. The zero-order valence-corrected chi connectivity index (χ0v) is 18.1. The number of aliphatic imine (C=N–C) groups is 1. The van der Waals surface area contributed by atoms with Gasteiger partial charge in [0.05, 0.1) is 11.6 Å². The van der Waals surface area contributed by atoms with Crippen LogP contribution in [0.4, 0.5) is 18.9 Å². The van der Waals surface area contributed by atoms with E-state index in [0.29, 0.717) is 25.5 Å². The standard InChI is InChI=1S/C21H25F3N6O4/c22-21(23,24)13-10-17(31)34-16-9-11(5-6-12(13)16)29-19(33)15(4-2-8-28-20(25)26)30-18(32)14-3-1-7-27-14/h5-6,9-10,14-15,27H,1-4,7-8H2,(H,29,33)(H,30,32)(H4,25,26,28)/t14-,15-/m0/s1. The van der Waals surface area contributed by atoms with Crippen molar-refractivity contribution in [3.63, 3.8) is 0 Å². The van der Waals surface area contributed by atoms with Crippen LogP contribution in [0.3, 0.4) is 0 Å². The molecule has 3 rings (SSSR count). The first-order chi connectivity index (χ1) is 16.0. The quantitative estimate of drug-likeness (QED) is 0.162. The number of nitrogens with one attached hydrogen (secondary N) is 3. The van der Waals surface area contributed by atoms with Gasteiger partial charge in [0.1, 0.15) is 11.6 Å². The van der Waals surface area contributed by atoms with Gasteiger partial charge in [0, 0.05) is 29.8 Å². The summed E-state index contributed by atoms with van der Waals surface area (Å²) < 4.78 is 44.6. The molecule has 1 aliphatic heterocycles. The number of amides is 2. The molecule has 2 atom stereocenters. The van der Waals surface area contributed by atoms with Crippen molar-refractivity contribution in [3.05, 3.63) is 40.2 Å². The average Bonchev–Trinajstić information content (AvgIpc) is 3.29. The second-order valence-electron chi connectivity index (χ2n) is 7.84. The van der Waals surface area contributed by atoms with Crippen molar-refractivity contribution in [3.8, 4) is 0 Å². The van der Waals surface area contributed by atoms with E-state index in [1.54, 1.807) is 0 Å². The first-order valence-electron chi connectivity index (χ1n) is 10.6. The number of rotatable bonds is 8. The minimum Gasteiger partial charge on any atom is -0.423 e. The summed E-state index contributed by atoms with van der Waals surface area (Å²) in [4.78, 5) is 40.9. The first-order valence-corrected chi connectivity index (χ1v) is 10.6. The summed E-state index contributed by atoms with van der Waals surface area (Å²) in [5.41, 5.74) is 8.06. The first kappa shape index (κ1) is 25.0. The van der Waals surface area contributed by atoms with Crippen molar-refractivity contribution < 1.29 is 27.2 Å². The van der Waals surface area contributed by atoms with Crippen LogP contribution in [0.15, 0.2) is 38.5 Å². The monoisotopic (exact) mass is 482 g/mol. The molecule has 0 saturated carbocycles. The smallest absolute Gasteiger partial charge is 0.417 e. The van der Waals surface area contributed by atoms with Crippen LogP contribution in [0.1, 0.15) is 31.2 Å². The van der Waals surface area contributed by atoms with Crippen molar-refractivity contribution in [2.75, 3.05) is 18.4 Å². The van der Waals surface area contributed by atoms with Gasteiger partial charge in [-0.05, 0) is 44.4 Å².